The second-order valence-electron chi connectivity index (χ2n) is 3.99. The number of hydrogen-bond donors (Lipinski definition) is 0. The Morgan fingerprint density at radius 3 is 2.69 bits per heavy atom. The fraction of sp³-hybridized carbons (Fsp3) is 0.900. The third kappa shape index (κ3) is 2.51. The Labute approximate surface area is 79.4 Å². The molecule has 1 aliphatic heterocycles. The summed E-state index contributed by atoms with van der Waals surface area (Å²) >= 11 is 0. The Hall–Kier alpha value is -0.410. The molecule has 1 heterocycles. The van der Waals surface area contributed by atoms with Crippen LogP contribution in [-0.2, 0) is 14.3 Å². The highest BCUT2D eigenvalue weighted by Crippen LogP contribution is 2.22. The van der Waals surface area contributed by atoms with Crippen LogP contribution in [0, 0.1) is 5.92 Å². The molecule has 1 atom stereocenters. The number of rotatable bonds is 3. The highest BCUT2D eigenvalue weighted by Gasteiger charge is 2.34. The van der Waals surface area contributed by atoms with Crippen LogP contribution in [0.2, 0.25) is 0 Å². The summed E-state index contributed by atoms with van der Waals surface area (Å²) in [4.78, 5) is 11.8. The molecule has 0 aliphatic carbocycles. The highest BCUT2D eigenvalue weighted by atomic mass is 16.5. The van der Waals surface area contributed by atoms with Gasteiger partial charge in [0.25, 0.3) is 0 Å². The molecule has 1 saturated heterocycles. The van der Waals surface area contributed by atoms with Crippen LogP contribution in [-0.4, -0.2) is 31.7 Å². The van der Waals surface area contributed by atoms with Crippen molar-refractivity contribution in [1.82, 2.24) is 0 Å². The van der Waals surface area contributed by atoms with Gasteiger partial charge in [-0.2, -0.15) is 0 Å². The second kappa shape index (κ2) is 4.20. The molecule has 0 aromatic heterocycles. The largest absolute Gasteiger partial charge is 0.381 e. The maximum Gasteiger partial charge on any atom is 0.169 e. The van der Waals surface area contributed by atoms with Crippen molar-refractivity contribution < 1.29 is 14.3 Å². The molecular formula is C10H18O3. The van der Waals surface area contributed by atoms with Gasteiger partial charge in [-0.3, -0.25) is 4.79 Å². The summed E-state index contributed by atoms with van der Waals surface area (Å²) in [5, 5.41) is 0. The highest BCUT2D eigenvalue weighted by molar-refractivity contribution is 5.88. The maximum atomic E-state index is 11.8. The zero-order valence-corrected chi connectivity index (χ0v) is 8.63. The topological polar surface area (TPSA) is 35.5 Å². The summed E-state index contributed by atoms with van der Waals surface area (Å²) in [6, 6.07) is 0. The molecule has 76 valence electrons. The minimum absolute atomic E-state index is 0.0312. The van der Waals surface area contributed by atoms with Crippen LogP contribution in [0.25, 0.3) is 0 Å². The van der Waals surface area contributed by atoms with Crippen molar-refractivity contribution in [2.45, 2.75) is 32.3 Å². The number of ether oxygens (including phenoxy) is 2. The predicted molar refractivity (Wildman–Crippen MR) is 49.6 cm³/mol. The van der Waals surface area contributed by atoms with Crippen molar-refractivity contribution in [3.8, 4) is 0 Å². The van der Waals surface area contributed by atoms with Gasteiger partial charge in [0.15, 0.2) is 5.78 Å². The molecule has 1 unspecified atom stereocenters. The lowest BCUT2D eigenvalue weighted by Crippen LogP contribution is -2.41. The predicted octanol–water partition coefficient (Wildman–Crippen LogP) is 1.41. The quantitative estimate of drug-likeness (QED) is 0.668. The number of carbonyl (C=O) groups is 1. The van der Waals surface area contributed by atoms with Crippen LogP contribution in [0.5, 0.6) is 0 Å². The molecule has 1 fully saturated rings. The first-order valence-corrected chi connectivity index (χ1v) is 4.75. The molecule has 1 aliphatic rings. The van der Waals surface area contributed by atoms with Gasteiger partial charge in [-0.25, -0.2) is 0 Å². The number of hydrogen-bond acceptors (Lipinski definition) is 3. The van der Waals surface area contributed by atoms with Gasteiger partial charge in [0.1, 0.15) is 5.60 Å². The van der Waals surface area contributed by atoms with Gasteiger partial charge in [-0.15, -0.1) is 0 Å². The molecule has 0 radical (unpaired) electrons. The van der Waals surface area contributed by atoms with E-state index in [1.165, 1.54) is 0 Å². The van der Waals surface area contributed by atoms with E-state index in [-0.39, 0.29) is 11.7 Å². The van der Waals surface area contributed by atoms with Gasteiger partial charge in [-0.05, 0) is 26.7 Å². The molecule has 1 rings (SSSR count). The van der Waals surface area contributed by atoms with Crippen LogP contribution in [0.4, 0.5) is 0 Å². The maximum absolute atomic E-state index is 11.8. The number of methoxy groups -OCH3 is 1. The van der Waals surface area contributed by atoms with Gasteiger partial charge in [0.05, 0.1) is 6.61 Å². The lowest BCUT2D eigenvalue weighted by molar-refractivity contribution is -0.145. The zero-order chi connectivity index (χ0) is 9.90. The van der Waals surface area contributed by atoms with Crippen LogP contribution in [0.1, 0.15) is 26.7 Å². The molecule has 13 heavy (non-hydrogen) atoms. The van der Waals surface area contributed by atoms with Crippen LogP contribution in [0.15, 0.2) is 0 Å². The molecule has 0 aromatic carbocycles. The molecule has 0 bridgehead atoms. The number of Topliss-reactive ketones (excluding diaryl/α,β-unsaturated/α-hetero) is 1. The summed E-state index contributed by atoms with van der Waals surface area (Å²) < 4.78 is 10.4. The summed E-state index contributed by atoms with van der Waals surface area (Å²) in [6.07, 6.45) is 1.92. The standard InChI is InChI=1S/C10H18O3/c1-10(2,12-3)9(11)8-5-4-6-13-7-8/h8H,4-7H2,1-3H3. The van der Waals surface area contributed by atoms with Crippen LogP contribution >= 0.6 is 0 Å². The monoisotopic (exact) mass is 186 g/mol. The molecule has 0 spiro atoms. The third-order valence-electron chi connectivity index (χ3n) is 2.63. The Morgan fingerprint density at radius 1 is 1.54 bits per heavy atom. The fourth-order valence-corrected chi connectivity index (χ4v) is 1.54. The second-order valence-corrected chi connectivity index (χ2v) is 3.99. The van der Waals surface area contributed by atoms with Crippen LogP contribution in [0.3, 0.4) is 0 Å². The van der Waals surface area contributed by atoms with Crippen molar-refractivity contribution in [1.29, 1.82) is 0 Å². The Bertz CT molecular complexity index is 181. The van der Waals surface area contributed by atoms with E-state index in [1.807, 2.05) is 13.8 Å². The summed E-state index contributed by atoms with van der Waals surface area (Å²) in [6.45, 7) is 4.97. The van der Waals surface area contributed by atoms with Crippen molar-refractivity contribution in [2.24, 2.45) is 5.92 Å². The molecule has 0 amide bonds. The smallest absolute Gasteiger partial charge is 0.169 e. The van der Waals surface area contributed by atoms with E-state index in [0.717, 1.165) is 19.4 Å². The van der Waals surface area contributed by atoms with Gasteiger partial charge < -0.3 is 9.47 Å². The van der Waals surface area contributed by atoms with E-state index in [0.29, 0.717) is 6.61 Å². The third-order valence-corrected chi connectivity index (χ3v) is 2.63. The first kappa shape index (κ1) is 10.7. The van der Waals surface area contributed by atoms with E-state index in [2.05, 4.69) is 0 Å². The van der Waals surface area contributed by atoms with Crippen LogP contribution < -0.4 is 0 Å². The van der Waals surface area contributed by atoms with E-state index < -0.39 is 5.60 Å². The summed E-state index contributed by atoms with van der Waals surface area (Å²) in [5.74, 6) is 0.193. The average Bonchev–Trinajstić information content (AvgIpc) is 2.18. The van der Waals surface area contributed by atoms with Crippen molar-refractivity contribution >= 4 is 5.78 Å². The van der Waals surface area contributed by atoms with E-state index in [4.69, 9.17) is 9.47 Å². The summed E-state index contributed by atoms with van der Waals surface area (Å²) in [7, 11) is 1.57. The number of ketones is 1. The van der Waals surface area contributed by atoms with Gasteiger partial charge in [0, 0.05) is 19.6 Å². The van der Waals surface area contributed by atoms with E-state index in [9.17, 15) is 4.79 Å². The van der Waals surface area contributed by atoms with Gasteiger partial charge >= 0.3 is 0 Å². The minimum atomic E-state index is -0.661. The summed E-state index contributed by atoms with van der Waals surface area (Å²) in [5.41, 5.74) is -0.661. The van der Waals surface area contributed by atoms with E-state index >= 15 is 0 Å². The fourth-order valence-electron chi connectivity index (χ4n) is 1.54. The van der Waals surface area contributed by atoms with Gasteiger partial charge in [-0.1, -0.05) is 0 Å². The lowest BCUT2D eigenvalue weighted by Gasteiger charge is -2.29. The Morgan fingerprint density at radius 2 is 2.23 bits per heavy atom. The first-order valence-electron chi connectivity index (χ1n) is 4.75. The zero-order valence-electron chi connectivity index (χ0n) is 8.63. The average molecular weight is 186 g/mol. The molecule has 0 N–H and O–H groups in total. The number of carbonyl (C=O) groups excluding carboxylic acids is 1. The van der Waals surface area contributed by atoms with E-state index in [1.54, 1.807) is 7.11 Å². The lowest BCUT2D eigenvalue weighted by atomic mass is 9.88. The molecule has 3 nitrogen and oxygen atoms in total. The molecule has 0 saturated carbocycles. The molecular weight excluding hydrogens is 168 g/mol. The van der Waals surface area contributed by atoms with Gasteiger partial charge in [0.2, 0.25) is 0 Å². The minimum Gasteiger partial charge on any atom is -0.381 e. The molecule has 3 heteroatoms. The Kier molecular flexibility index (Phi) is 3.45. The SMILES string of the molecule is COC(C)(C)C(=O)C1CCCOC1. The van der Waals surface area contributed by atoms with Crippen molar-refractivity contribution in [3.05, 3.63) is 0 Å². The Balaban J connectivity index is 2.55. The molecule has 0 aromatic rings. The normalized spacial score (nSPS) is 24.4. The first-order chi connectivity index (χ1) is 6.08. The van der Waals surface area contributed by atoms with Crippen molar-refractivity contribution in [2.75, 3.05) is 20.3 Å². The van der Waals surface area contributed by atoms with Crippen molar-refractivity contribution in [3.63, 3.8) is 0 Å².